The Morgan fingerprint density at radius 3 is 2.67 bits per heavy atom. The summed E-state index contributed by atoms with van der Waals surface area (Å²) >= 11 is 0. The van der Waals surface area contributed by atoms with E-state index in [1.165, 1.54) is 6.92 Å². The Balaban J connectivity index is 3.22. The van der Waals surface area contributed by atoms with Gasteiger partial charge in [0.25, 0.3) is 6.43 Å². The van der Waals surface area contributed by atoms with Crippen LogP contribution >= 0.6 is 0 Å². The summed E-state index contributed by atoms with van der Waals surface area (Å²) in [4.78, 5) is 13.8. The molecule has 0 aliphatic carbocycles. The van der Waals surface area contributed by atoms with E-state index in [0.717, 1.165) is 6.20 Å². The number of aromatic nitrogens is 1. The highest BCUT2D eigenvalue weighted by Gasteiger charge is 2.21. The van der Waals surface area contributed by atoms with E-state index in [1.807, 2.05) is 0 Å². The lowest BCUT2D eigenvalue weighted by Gasteiger charge is -2.08. The van der Waals surface area contributed by atoms with Gasteiger partial charge in [-0.3, -0.25) is 9.78 Å². The maximum absolute atomic E-state index is 13.4. The molecule has 1 heterocycles. The van der Waals surface area contributed by atoms with Crippen LogP contribution in [0.4, 0.5) is 13.2 Å². The number of pyridine rings is 1. The van der Waals surface area contributed by atoms with Crippen molar-refractivity contribution in [3.05, 3.63) is 28.8 Å². The van der Waals surface area contributed by atoms with Crippen molar-refractivity contribution >= 4 is 5.97 Å². The summed E-state index contributed by atoms with van der Waals surface area (Å²) in [7, 11) is 0. The van der Waals surface area contributed by atoms with Crippen LogP contribution in [0.1, 0.15) is 23.2 Å². The second-order valence-corrected chi connectivity index (χ2v) is 2.97. The van der Waals surface area contributed by atoms with Crippen LogP contribution in [0.2, 0.25) is 0 Å². The predicted molar refractivity (Wildman–Crippen MR) is 45.2 cm³/mol. The standard InChI is InChI=1S/C9H8F3NO2/c1-4-7(9(11)12)8(10)5(3-13-4)2-6(14)15/h3,9H,2H2,1H3,(H,14,15). The summed E-state index contributed by atoms with van der Waals surface area (Å²) < 4.78 is 38.1. The van der Waals surface area contributed by atoms with Crippen LogP contribution in [-0.2, 0) is 11.2 Å². The third-order valence-electron chi connectivity index (χ3n) is 1.88. The number of carboxylic acid groups (broad SMARTS) is 1. The van der Waals surface area contributed by atoms with Crippen molar-refractivity contribution in [3.63, 3.8) is 0 Å². The first-order valence-electron chi connectivity index (χ1n) is 4.07. The van der Waals surface area contributed by atoms with Crippen LogP contribution in [0, 0.1) is 12.7 Å². The zero-order valence-electron chi connectivity index (χ0n) is 7.80. The average molecular weight is 219 g/mol. The molecule has 0 radical (unpaired) electrons. The lowest BCUT2D eigenvalue weighted by Crippen LogP contribution is -2.08. The van der Waals surface area contributed by atoms with Crippen molar-refractivity contribution in [1.82, 2.24) is 4.98 Å². The molecule has 0 spiro atoms. The number of nitrogens with zero attached hydrogens (tertiary/aromatic N) is 1. The molecule has 82 valence electrons. The predicted octanol–water partition coefficient (Wildman–Crippen LogP) is 2.09. The number of carbonyl (C=O) groups is 1. The number of halogens is 3. The van der Waals surface area contributed by atoms with Gasteiger partial charge in [0.1, 0.15) is 5.82 Å². The monoisotopic (exact) mass is 219 g/mol. The van der Waals surface area contributed by atoms with Crippen molar-refractivity contribution in [2.45, 2.75) is 19.8 Å². The molecule has 1 N–H and O–H groups in total. The van der Waals surface area contributed by atoms with E-state index in [1.54, 1.807) is 0 Å². The van der Waals surface area contributed by atoms with Crippen LogP contribution in [0.3, 0.4) is 0 Å². The Morgan fingerprint density at radius 2 is 2.20 bits per heavy atom. The molecule has 0 amide bonds. The molecule has 0 aliphatic rings. The molecular formula is C9H8F3NO2. The van der Waals surface area contributed by atoms with Crippen LogP contribution in [0.25, 0.3) is 0 Å². The van der Waals surface area contributed by atoms with E-state index < -0.39 is 30.2 Å². The number of rotatable bonds is 3. The van der Waals surface area contributed by atoms with Gasteiger partial charge >= 0.3 is 5.97 Å². The summed E-state index contributed by atoms with van der Waals surface area (Å²) in [5, 5.41) is 8.41. The first-order chi connectivity index (χ1) is 6.93. The molecule has 0 saturated carbocycles. The minimum absolute atomic E-state index is 0.128. The van der Waals surface area contributed by atoms with Gasteiger partial charge in [0, 0.05) is 17.5 Å². The normalized spacial score (nSPS) is 10.7. The largest absolute Gasteiger partial charge is 0.481 e. The molecule has 0 aliphatic heterocycles. The Hall–Kier alpha value is -1.59. The number of alkyl halides is 2. The van der Waals surface area contributed by atoms with Gasteiger partial charge in [-0.05, 0) is 6.92 Å². The smallest absolute Gasteiger partial charge is 0.307 e. The summed E-state index contributed by atoms with van der Waals surface area (Å²) in [6.07, 6.45) is -2.69. The Kier molecular flexibility index (Phi) is 3.28. The minimum Gasteiger partial charge on any atom is -0.481 e. The van der Waals surface area contributed by atoms with Gasteiger partial charge < -0.3 is 5.11 Å². The van der Waals surface area contributed by atoms with Gasteiger partial charge in [0.05, 0.1) is 12.0 Å². The third-order valence-corrected chi connectivity index (χ3v) is 1.88. The number of aryl methyl sites for hydroxylation is 1. The maximum atomic E-state index is 13.4. The first kappa shape index (κ1) is 11.5. The second-order valence-electron chi connectivity index (χ2n) is 2.97. The Labute approximate surface area is 83.6 Å². The highest BCUT2D eigenvalue weighted by Crippen LogP contribution is 2.26. The van der Waals surface area contributed by atoms with E-state index in [-0.39, 0.29) is 11.3 Å². The van der Waals surface area contributed by atoms with Gasteiger partial charge in [-0.2, -0.15) is 0 Å². The number of carboxylic acids is 1. The lowest BCUT2D eigenvalue weighted by molar-refractivity contribution is -0.136. The van der Waals surface area contributed by atoms with Crippen molar-refractivity contribution in [3.8, 4) is 0 Å². The Morgan fingerprint density at radius 1 is 1.60 bits per heavy atom. The van der Waals surface area contributed by atoms with Crippen LogP contribution in [-0.4, -0.2) is 16.1 Å². The molecule has 15 heavy (non-hydrogen) atoms. The van der Waals surface area contributed by atoms with Crippen LogP contribution in [0.5, 0.6) is 0 Å². The van der Waals surface area contributed by atoms with E-state index in [9.17, 15) is 18.0 Å². The first-order valence-corrected chi connectivity index (χ1v) is 4.07. The van der Waals surface area contributed by atoms with Gasteiger partial charge in [0.2, 0.25) is 0 Å². The van der Waals surface area contributed by atoms with E-state index in [2.05, 4.69) is 4.98 Å². The topological polar surface area (TPSA) is 50.2 Å². The van der Waals surface area contributed by atoms with E-state index in [4.69, 9.17) is 5.11 Å². The zero-order chi connectivity index (χ0) is 11.6. The van der Waals surface area contributed by atoms with Gasteiger partial charge in [-0.25, -0.2) is 13.2 Å². The van der Waals surface area contributed by atoms with Crippen LogP contribution < -0.4 is 0 Å². The molecule has 0 atom stereocenters. The minimum atomic E-state index is -2.99. The fourth-order valence-electron chi connectivity index (χ4n) is 1.17. The fourth-order valence-corrected chi connectivity index (χ4v) is 1.17. The molecule has 1 rings (SSSR count). The summed E-state index contributed by atoms with van der Waals surface area (Å²) in [6, 6.07) is 0. The lowest BCUT2D eigenvalue weighted by atomic mass is 10.1. The highest BCUT2D eigenvalue weighted by atomic mass is 19.3. The molecule has 0 bridgehead atoms. The molecule has 0 unspecified atom stereocenters. The van der Waals surface area contributed by atoms with Crippen molar-refractivity contribution < 1.29 is 23.1 Å². The molecule has 3 nitrogen and oxygen atoms in total. The molecule has 0 fully saturated rings. The molecule has 0 aromatic carbocycles. The number of hydrogen-bond donors (Lipinski definition) is 1. The van der Waals surface area contributed by atoms with Crippen LogP contribution in [0.15, 0.2) is 6.20 Å². The molecular weight excluding hydrogens is 211 g/mol. The second kappa shape index (κ2) is 4.29. The van der Waals surface area contributed by atoms with Crippen molar-refractivity contribution in [1.29, 1.82) is 0 Å². The number of hydrogen-bond acceptors (Lipinski definition) is 2. The molecule has 0 saturated heterocycles. The zero-order valence-corrected chi connectivity index (χ0v) is 7.80. The van der Waals surface area contributed by atoms with Crippen molar-refractivity contribution in [2.75, 3.05) is 0 Å². The molecule has 1 aromatic rings. The fraction of sp³-hybridized carbons (Fsp3) is 0.333. The molecule has 1 aromatic heterocycles. The summed E-state index contributed by atoms with van der Waals surface area (Å²) in [5.41, 5.74) is -1.28. The van der Waals surface area contributed by atoms with Gasteiger partial charge in [-0.15, -0.1) is 0 Å². The van der Waals surface area contributed by atoms with E-state index >= 15 is 0 Å². The third kappa shape index (κ3) is 2.45. The quantitative estimate of drug-likeness (QED) is 0.846. The highest BCUT2D eigenvalue weighted by molar-refractivity contribution is 5.70. The molecule has 6 heteroatoms. The summed E-state index contributed by atoms with van der Waals surface area (Å²) in [5.74, 6) is -2.47. The average Bonchev–Trinajstić information content (AvgIpc) is 2.09. The van der Waals surface area contributed by atoms with Gasteiger partial charge in [-0.1, -0.05) is 0 Å². The van der Waals surface area contributed by atoms with Crippen molar-refractivity contribution in [2.24, 2.45) is 0 Å². The van der Waals surface area contributed by atoms with Gasteiger partial charge in [0.15, 0.2) is 0 Å². The maximum Gasteiger partial charge on any atom is 0.307 e. The SMILES string of the molecule is Cc1ncc(CC(=O)O)c(F)c1C(F)F. The van der Waals surface area contributed by atoms with E-state index in [0.29, 0.717) is 0 Å². The summed E-state index contributed by atoms with van der Waals surface area (Å²) in [6.45, 7) is 1.25. The number of aliphatic carboxylic acids is 1. The Bertz CT molecular complexity index is 393.